The molecule has 0 radical (unpaired) electrons. The molecule has 2 aromatic rings. The third kappa shape index (κ3) is 1.63. The van der Waals surface area contributed by atoms with Gasteiger partial charge in [-0.05, 0) is 30.5 Å². The lowest BCUT2D eigenvalue weighted by atomic mass is 9.64. The van der Waals surface area contributed by atoms with Crippen molar-refractivity contribution < 1.29 is 0 Å². The number of aliphatic imine (C=N–C) groups is 1. The number of hydrogen-bond donors (Lipinski definition) is 1. The maximum absolute atomic E-state index is 6.60. The lowest BCUT2D eigenvalue weighted by Gasteiger charge is -2.40. The summed E-state index contributed by atoms with van der Waals surface area (Å²) in [6, 6.07) is 3.85. The molecule has 1 saturated carbocycles. The first kappa shape index (κ1) is 13.2. The molecule has 1 aromatic heterocycles. The van der Waals surface area contributed by atoms with Crippen LogP contribution >= 0.6 is 23.2 Å². The van der Waals surface area contributed by atoms with Gasteiger partial charge in [0.25, 0.3) is 0 Å². The molecule has 4 nitrogen and oxygen atoms in total. The molecule has 21 heavy (non-hydrogen) atoms. The van der Waals surface area contributed by atoms with Crippen LogP contribution in [0.3, 0.4) is 0 Å². The molecule has 4 rings (SSSR count). The number of amidine groups is 1. The van der Waals surface area contributed by atoms with Crippen LogP contribution < -0.4 is 5.32 Å². The summed E-state index contributed by atoms with van der Waals surface area (Å²) in [6.07, 6.45) is 6.92. The highest BCUT2D eigenvalue weighted by molar-refractivity contribution is 6.40. The topological polar surface area (TPSA) is 42.2 Å². The molecule has 0 amide bonds. The Morgan fingerprint density at radius 1 is 1.33 bits per heavy atom. The number of likely N-dealkylation sites (N-methyl/N-ethyl adjacent to an activating group) is 1. The number of fused-ring (bicyclic) bond motifs is 2. The van der Waals surface area contributed by atoms with Gasteiger partial charge >= 0.3 is 0 Å². The molecular formula is C15H14Cl2N4. The number of rotatable bonds is 1. The Labute approximate surface area is 132 Å². The van der Waals surface area contributed by atoms with Crippen molar-refractivity contribution in [2.75, 3.05) is 7.05 Å². The van der Waals surface area contributed by atoms with Crippen LogP contribution in [0, 0.1) is 0 Å². The van der Waals surface area contributed by atoms with Crippen molar-refractivity contribution in [2.45, 2.75) is 24.7 Å². The number of halogens is 2. The van der Waals surface area contributed by atoms with Crippen LogP contribution in [-0.4, -0.2) is 22.7 Å². The van der Waals surface area contributed by atoms with Gasteiger partial charge in [0.2, 0.25) is 0 Å². The molecule has 1 spiro atoms. The van der Waals surface area contributed by atoms with Crippen LogP contribution in [0.2, 0.25) is 10.0 Å². The van der Waals surface area contributed by atoms with Gasteiger partial charge in [-0.25, -0.2) is 9.67 Å². The average molecular weight is 321 g/mol. The van der Waals surface area contributed by atoms with Gasteiger partial charge in [-0.3, -0.25) is 0 Å². The first-order valence-corrected chi connectivity index (χ1v) is 7.72. The Balaban J connectivity index is 1.97. The van der Waals surface area contributed by atoms with Crippen molar-refractivity contribution in [1.82, 2.24) is 15.1 Å². The Kier molecular flexibility index (Phi) is 2.81. The molecule has 1 aliphatic heterocycles. The third-order valence-corrected chi connectivity index (χ3v) is 5.18. The van der Waals surface area contributed by atoms with Crippen molar-refractivity contribution in [3.8, 4) is 5.69 Å². The monoisotopic (exact) mass is 320 g/mol. The Morgan fingerprint density at radius 2 is 2.14 bits per heavy atom. The highest BCUT2D eigenvalue weighted by Crippen LogP contribution is 2.55. The summed E-state index contributed by atoms with van der Waals surface area (Å²) in [5.41, 5.74) is 2.65. The van der Waals surface area contributed by atoms with E-state index < -0.39 is 0 Å². The second-order valence-electron chi connectivity index (χ2n) is 5.51. The largest absolute Gasteiger partial charge is 0.376 e. The molecule has 1 aliphatic carbocycles. The van der Waals surface area contributed by atoms with Crippen molar-refractivity contribution in [3.63, 3.8) is 0 Å². The Bertz CT molecular complexity index is 746. The first-order valence-electron chi connectivity index (χ1n) is 6.97. The zero-order valence-corrected chi connectivity index (χ0v) is 13.0. The minimum absolute atomic E-state index is 0.0139. The van der Waals surface area contributed by atoms with Crippen LogP contribution in [0.15, 0.2) is 29.5 Å². The lowest BCUT2D eigenvalue weighted by Crippen LogP contribution is -2.45. The first-order chi connectivity index (χ1) is 10.2. The maximum atomic E-state index is 6.60. The summed E-state index contributed by atoms with van der Waals surface area (Å²) in [5, 5.41) is 8.64. The van der Waals surface area contributed by atoms with E-state index >= 15 is 0 Å². The van der Waals surface area contributed by atoms with Crippen LogP contribution in [0.4, 0.5) is 5.69 Å². The predicted octanol–water partition coefficient (Wildman–Crippen LogP) is 3.86. The van der Waals surface area contributed by atoms with Crippen LogP contribution in [0.5, 0.6) is 0 Å². The molecule has 0 atom stereocenters. The minimum atomic E-state index is -0.0139. The van der Waals surface area contributed by atoms with E-state index in [-0.39, 0.29) is 5.41 Å². The van der Waals surface area contributed by atoms with E-state index in [1.54, 1.807) is 10.9 Å². The summed E-state index contributed by atoms with van der Waals surface area (Å²) in [7, 11) is 1.91. The Morgan fingerprint density at radius 3 is 2.71 bits per heavy atom. The SMILES string of the molecule is CNC1=Nc2c(cc(Cl)c(-n3cccn3)c2Cl)C12CCC2. The van der Waals surface area contributed by atoms with Crippen molar-refractivity contribution in [1.29, 1.82) is 0 Å². The van der Waals surface area contributed by atoms with Crippen LogP contribution in [0.25, 0.3) is 5.69 Å². The molecule has 0 bridgehead atoms. The normalized spacial score (nSPS) is 18.3. The maximum Gasteiger partial charge on any atom is 0.113 e. The highest BCUT2D eigenvalue weighted by atomic mass is 35.5. The molecule has 6 heteroatoms. The summed E-state index contributed by atoms with van der Waals surface area (Å²) in [4.78, 5) is 4.73. The average Bonchev–Trinajstić information content (AvgIpc) is 3.02. The van der Waals surface area contributed by atoms with Gasteiger partial charge in [-0.1, -0.05) is 29.6 Å². The van der Waals surface area contributed by atoms with Gasteiger partial charge in [-0.2, -0.15) is 5.10 Å². The zero-order valence-electron chi connectivity index (χ0n) is 11.5. The van der Waals surface area contributed by atoms with Crippen LogP contribution in [0.1, 0.15) is 24.8 Å². The fourth-order valence-electron chi connectivity index (χ4n) is 3.36. The predicted molar refractivity (Wildman–Crippen MR) is 85.3 cm³/mol. The fourth-order valence-corrected chi connectivity index (χ4v) is 4.03. The summed E-state index contributed by atoms with van der Waals surface area (Å²) in [5.74, 6) is 0.999. The van der Waals surface area contributed by atoms with E-state index in [4.69, 9.17) is 28.2 Å². The summed E-state index contributed by atoms with van der Waals surface area (Å²) >= 11 is 13.1. The third-order valence-electron chi connectivity index (χ3n) is 4.54. The zero-order chi connectivity index (χ0) is 14.6. The molecule has 0 unspecified atom stereocenters. The van der Waals surface area contributed by atoms with Crippen molar-refractivity contribution in [3.05, 3.63) is 40.1 Å². The standard InChI is InChI=1S/C15H14Cl2N4/c1-18-14-15(4-2-5-15)9-8-10(16)13(11(17)12(9)20-14)21-7-3-6-19-21/h3,6-8H,2,4-5H2,1H3,(H,18,20). The summed E-state index contributed by atoms with van der Waals surface area (Å²) in [6.45, 7) is 0. The minimum Gasteiger partial charge on any atom is -0.376 e. The second kappa shape index (κ2) is 4.49. The fraction of sp³-hybridized carbons (Fsp3) is 0.333. The second-order valence-corrected chi connectivity index (χ2v) is 6.30. The van der Waals surface area contributed by atoms with E-state index in [1.165, 1.54) is 6.42 Å². The summed E-state index contributed by atoms with van der Waals surface area (Å²) < 4.78 is 1.69. The van der Waals surface area contributed by atoms with Gasteiger partial charge in [0.15, 0.2) is 0 Å². The molecule has 1 fully saturated rings. The quantitative estimate of drug-likeness (QED) is 0.866. The molecule has 1 N–H and O–H groups in total. The Hall–Kier alpha value is -1.52. The van der Waals surface area contributed by atoms with Gasteiger partial charge < -0.3 is 5.32 Å². The van der Waals surface area contributed by atoms with Crippen molar-refractivity contribution >= 4 is 34.7 Å². The van der Waals surface area contributed by atoms with Crippen molar-refractivity contribution in [2.24, 2.45) is 4.99 Å². The van der Waals surface area contributed by atoms with Gasteiger partial charge in [0.1, 0.15) is 11.5 Å². The highest BCUT2D eigenvalue weighted by Gasteiger charge is 2.49. The number of aromatic nitrogens is 2. The lowest BCUT2D eigenvalue weighted by molar-refractivity contribution is 0.341. The van der Waals surface area contributed by atoms with Gasteiger partial charge in [0, 0.05) is 19.4 Å². The van der Waals surface area contributed by atoms with E-state index in [1.807, 2.05) is 25.4 Å². The molecule has 1 aromatic carbocycles. The molecule has 108 valence electrons. The number of benzene rings is 1. The van der Waals surface area contributed by atoms with E-state index in [0.29, 0.717) is 15.7 Å². The van der Waals surface area contributed by atoms with E-state index in [0.717, 1.165) is 29.9 Å². The molecule has 0 saturated heterocycles. The number of hydrogen-bond acceptors (Lipinski definition) is 3. The van der Waals surface area contributed by atoms with Gasteiger partial charge in [-0.15, -0.1) is 0 Å². The number of nitrogens with one attached hydrogen (secondary N) is 1. The van der Waals surface area contributed by atoms with Gasteiger partial charge in [0.05, 0.1) is 21.1 Å². The van der Waals surface area contributed by atoms with E-state index in [2.05, 4.69) is 10.4 Å². The molecular weight excluding hydrogens is 307 g/mol. The number of nitrogens with zero attached hydrogens (tertiary/aromatic N) is 3. The smallest absolute Gasteiger partial charge is 0.113 e. The molecule has 2 heterocycles. The van der Waals surface area contributed by atoms with E-state index in [9.17, 15) is 0 Å². The molecule has 2 aliphatic rings. The van der Waals surface area contributed by atoms with Crippen LogP contribution in [-0.2, 0) is 5.41 Å².